The molecule has 0 radical (unpaired) electrons. The molecule has 1 aromatic carbocycles. The summed E-state index contributed by atoms with van der Waals surface area (Å²) in [6, 6.07) is 9.46. The molecule has 0 aliphatic rings. The lowest BCUT2D eigenvalue weighted by Gasteiger charge is -2.20. The topological polar surface area (TPSA) is 44.3 Å². The van der Waals surface area contributed by atoms with Gasteiger partial charge in [-0.2, -0.15) is 0 Å². The molecule has 2 rings (SSSR count). The second-order valence-electron chi connectivity index (χ2n) is 4.93. The highest BCUT2D eigenvalue weighted by molar-refractivity contribution is 5.69. The molecule has 0 fully saturated rings. The Hall–Kier alpha value is -2.56. The number of nitrogens with zero attached hydrogens (tertiary/aromatic N) is 2. The fourth-order valence-corrected chi connectivity index (χ4v) is 2.12. The number of aryl methyl sites for hydroxylation is 1. The summed E-state index contributed by atoms with van der Waals surface area (Å²) >= 11 is 0. The summed E-state index contributed by atoms with van der Waals surface area (Å²) in [6.07, 6.45) is 4.89. The Labute approximate surface area is 130 Å². The van der Waals surface area contributed by atoms with Crippen LogP contribution < -0.4 is 4.57 Å². The van der Waals surface area contributed by atoms with E-state index in [1.54, 1.807) is 4.57 Å². The normalized spacial score (nSPS) is 11.7. The van der Waals surface area contributed by atoms with Crippen molar-refractivity contribution in [3.63, 3.8) is 0 Å². The van der Waals surface area contributed by atoms with Crippen LogP contribution in [0, 0.1) is 0 Å². The first-order valence-corrected chi connectivity index (χ1v) is 7.17. The van der Waals surface area contributed by atoms with Crippen LogP contribution in [0.5, 0.6) is 0 Å². The van der Waals surface area contributed by atoms with Gasteiger partial charge in [-0.15, -0.1) is 0 Å². The van der Waals surface area contributed by atoms with Crippen LogP contribution in [-0.2, 0) is 27.9 Å². The quantitative estimate of drug-likeness (QED) is 0.447. The third-order valence-electron chi connectivity index (χ3n) is 3.11. The molecule has 0 aliphatic carbocycles. The van der Waals surface area contributed by atoms with Gasteiger partial charge in [0.2, 0.25) is 6.33 Å². The number of aromatic nitrogens is 2. The van der Waals surface area contributed by atoms with Gasteiger partial charge in [0.25, 0.3) is 0 Å². The van der Waals surface area contributed by atoms with E-state index in [1.807, 2.05) is 67.6 Å². The second kappa shape index (κ2) is 7.45. The number of imidazole rings is 1. The first-order chi connectivity index (χ1) is 10.6. The van der Waals surface area contributed by atoms with E-state index in [-0.39, 0.29) is 12.5 Å². The molecule has 1 aromatic heterocycles. The van der Waals surface area contributed by atoms with E-state index in [0.29, 0.717) is 12.4 Å². The minimum absolute atomic E-state index is 0.142. The van der Waals surface area contributed by atoms with Crippen molar-refractivity contribution in [3.05, 3.63) is 67.0 Å². The molecule has 0 saturated carbocycles. The molecule has 1 heterocycles. The van der Waals surface area contributed by atoms with Crippen molar-refractivity contribution in [2.45, 2.75) is 19.6 Å². The van der Waals surface area contributed by atoms with Crippen molar-refractivity contribution < 1.29 is 18.8 Å². The van der Waals surface area contributed by atoms with Crippen LogP contribution in [0.15, 0.2) is 61.4 Å². The largest absolute Gasteiger partial charge is 0.495 e. The van der Waals surface area contributed by atoms with Crippen LogP contribution in [0.3, 0.4) is 0 Å². The fourth-order valence-electron chi connectivity index (χ4n) is 2.12. The average Bonchev–Trinajstić information content (AvgIpc) is 2.91. The number of ether oxygens (including phenoxy) is 2. The first-order valence-electron chi connectivity index (χ1n) is 7.17. The lowest BCUT2D eigenvalue weighted by Crippen LogP contribution is -2.25. The van der Waals surface area contributed by atoms with Crippen molar-refractivity contribution in [2.75, 3.05) is 6.61 Å². The number of esters is 1. The van der Waals surface area contributed by atoms with Crippen LogP contribution in [0.25, 0.3) is 0 Å². The molecule has 2 aromatic rings. The summed E-state index contributed by atoms with van der Waals surface area (Å²) in [5, 5.41) is 0. The Morgan fingerprint density at radius 3 is 2.68 bits per heavy atom. The van der Waals surface area contributed by atoms with Crippen LogP contribution in [0.1, 0.15) is 18.6 Å². The zero-order valence-electron chi connectivity index (χ0n) is 12.9. The van der Waals surface area contributed by atoms with Gasteiger partial charge < -0.3 is 9.47 Å². The smallest absolute Gasteiger partial charge is 0.349 e. The van der Waals surface area contributed by atoms with Crippen molar-refractivity contribution >= 4 is 5.97 Å². The van der Waals surface area contributed by atoms with Gasteiger partial charge in [0.1, 0.15) is 18.2 Å². The lowest BCUT2D eigenvalue weighted by atomic mass is 10.1. The number of rotatable bonds is 7. The number of carbonyl (C=O) groups excluding carboxylic acids is 1. The third-order valence-corrected chi connectivity index (χ3v) is 3.11. The Balaban J connectivity index is 2.09. The molecule has 22 heavy (non-hydrogen) atoms. The van der Waals surface area contributed by atoms with E-state index in [0.717, 1.165) is 5.56 Å². The summed E-state index contributed by atoms with van der Waals surface area (Å²) in [5.74, 6) is 0.0889. The van der Waals surface area contributed by atoms with Crippen molar-refractivity contribution in [3.8, 4) is 0 Å². The highest BCUT2D eigenvalue weighted by Crippen LogP contribution is 2.25. The summed E-state index contributed by atoms with van der Waals surface area (Å²) in [6.45, 7) is 6.37. The summed E-state index contributed by atoms with van der Waals surface area (Å²) in [4.78, 5) is 12.2. The maximum absolute atomic E-state index is 12.2. The van der Waals surface area contributed by atoms with E-state index in [4.69, 9.17) is 9.47 Å². The highest BCUT2D eigenvalue weighted by atomic mass is 16.6. The van der Waals surface area contributed by atoms with Gasteiger partial charge in [0.05, 0.1) is 13.7 Å². The Morgan fingerprint density at radius 1 is 1.36 bits per heavy atom. The molecular weight excluding hydrogens is 280 g/mol. The molecule has 0 aliphatic heterocycles. The predicted molar refractivity (Wildman–Crippen MR) is 81.6 cm³/mol. The van der Waals surface area contributed by atoms with E-state index in [9.17, 15) is 4.79 Å². The van der Waals surface area contributed by atoms with Gasteiger partial charge in [0.15, 0.2) is 12.6 Å². The van der Waals surface area contributed by atoms with E-state index in [1.165, 1.54) is 0 Å². The third kappa shape index (κ3) is 4.22. The Kier molecular flexibility index (Phi) is 5.36. The summed E-state index contributed by atoms with van der Waals surface area (Å²) in [7, 11) is 1.89. The molecule has 1 atom stereocenters. The number of benzene rings is 1. The Bertz CT molecular complexity index is 634. The molecule has 0 saturated heterocycles. The number of carbonyl (C=O) groups is 1. The minimum Gasteiger partial charge on any atom is -0.495 e. The number of hydrogen-bond donors (Lipinski definition) is 0. The van der Waals surface area contributed by atoms with Gasteiger partial charge in [-0.3, -0.25) is 0 Å². The maximum Gasteiger partial charge on any atom is 0.349 e. The van der Waals surface area contributed by atoms with Gasteiger partial charge >= 0.3 is 5.97 Å². The molecular formula is C17H21N2O3+. The van der Waals surface area contributed by atoms with Gasteiger partial charge in [-0.1, -0.05) is 36.9 Å². The van der Waals surface area contributed by atoms with Crippen LogP contribution >= 0.6 is 0 Å². The Morgan fingerprint density at radius 2 is 2.09 bits per heavy atom. The van der Waals surface area contributed by atoms with Gasteiger partial charge in [-0.05, 0) is 6.92 Å². The first kappa shape index (κ1) is 15.8. The number of hydrogen-bond acceptors (Lipinski definition) is 3. The second-order valence-corrected chi connectivity index (χ2v) is 4.93. The zero-order chi connectivity index (χ0) is 15.9. The fraction of sp³-hybridized carbons (Fsp3) is 0.294. The standard InChI is InChI=1S/C17H21N2O3/c1-4-21-14(2)17(15-8-6-5-7-9-15)22-16(20)12-19-11-10-18(3)13-19/h5-11,13,17H,2,4,12H2,1,3H3/q+1/t17-/m1/s1. The van der Waals surface area contributed by atoms with Crippen molar-refractivity contribution in [1.29, 1.82) is 0 Å². The van der Waals surface area contributed by atoms with Gasteiger partial charge in [0, 0.05) is 5.56 Å². The van der Waals surface area contributed by atoms with Crippen molar-refractivity contribution in [2.24, 2.45) is 7.05 Å². The lowest BCUT2D eigenvalue weighted by molar-refractivity contribution is -0.671. The van der Waals surface area contributed by atoms with Crippen molar-refractivity contribution in [1.82, 2.24) is 4.57 Å². The molecule has 0 amide bonds. The molecule has 116 valence electrons. The van der Waals surface area contributed by atoms with E-state index in [2.05, 4.69) is 6.58 Å². The van der Waals surface area contributed by atoms with Crippen LogP contribution in [-0.4, -0.2) is 17.1 Å². The predicted octanol–water partition coefficient (Wildman–Crippen LogP) is 2.15. The molecule has 0 N–H and O–H groups in total. The molecule has 5 heteroatoms. The summed E-state index contributed by atoms with van der Waals surface area (Å²) < 4.78 is 14.6. The molecule has 0 spiro atoms. The molecule has 5 nitrogen and oxygen atoms in total. The van der Waals surface area contributed by atoms with Crippen LogP contribution in [0.4, 0.5) is 0 Å². The maximum atomic E-state index is 12.2. The highest BCUT2D eigenvalue weighted by Gasteiger charge is 2.22. The zero-order valence-corrected chi connectivity index (χ0v) is 12.9. The van der Waals surface area contributed by atoms with E-state index >= 15 is 0 Å². The summed E-state index contributed by atoms with van der Waals surface area (Å²) in [5.41, 5.74) is 0.840. The monoisotopic (exact) mass is 301 g/mol. The SMILES string of the molecule is C=C(OCC)[C@@H](OC(=O)Cn1cc[n+](C)c1)c1ccccc1. The minimum atomic E-state index is -0.599. The average molecular weight is 301 g/mol. The van der Waals surface area contributed by atoms with E-state index < -0.39 is 6.10 Å². The molecule has 0 unspecified atom stereocenters. The van der Waals surface area contributed by atoms with Gasteiger partial charge in [-0.25, -0.2) is 13.9 Å². The van der Waals surface area contributed by atoms with Crippen LogP contribution in [0.2, 0.25) is 0 Å². The molecule has 0 bridgehead atoms.